The van der Waals surface area contributed by atoms with Crippen molar-refractivity contribution in [2.24, 2.45) is 11.7 Å². The molecular formula is C17H27N3O2. The van der Waals surface area contributed by atoms with Crippen LogP contribution in [0, 0.1) is 12.8 Å². The van der Waals surface area contributed by atoms with Crippen LogP contribution in [0.1, 0.15) is 24.8 Å². The number of carbonyl (C=O) groups is 1. The van der Waals surface area contributed by atoms with Gasteiger partial charge in [-0.1, -0.05) is 6.07 Å². The van der Waals surface area contributed by atoms with Crippen LogP contribution in [0.2, 0.25) is 0 Å². The number of nitrogens with two attached hydrogens (primary N) is 1. The molecule has 0 heterocycles. The van der Waals surface area contributed by atoms with Crippen LogP contribution >= 0.6 is 0 Å². The molecule has 1 amide bonds. The maximum atomic E-state index is 12.3. The van der Waals surface area contributed by atoms with Crippen LogP contribution in [-0.2, 0) is 4.79 Å². The lowest BCUT2D eigenvalue weighted by Crippen LogP contribution is -2.24. The molecule has 0 aromatic heterocycles. The lowest BCUT2D eigenvalue weighted by molar-refractivity contribution is -0.119. The molecule has 1 saturated carbocycles. The molecule has 5 nitrogen and oxygen atoms in total. The van der Waals surface area contributed by atoms with Crippen molar-refractivity contribution in [2.75, 3.05) is 32.6 Å². The van der Waals surface area contributed by atoms with Crippen molar-refractivity contribution < 1.29 is 9.53 Å². The van der Waals surface area contributed by atoms with Gasteiger partial charge >= 0.3 is 0 Å². The SMILES string of the molecule is Cc1ccc(NC(=O)C2CCC(N)C2)c(OCCN(C)C)c1. The highest BCUT2D eigenvalue weighted by Gasteiger charge is 2.28. The summed E-state index contributed by atoms with van der Waals surface area (Å²) >= 11 is 0. The Kier molecular flexibility index (Phi) is 5.80. The Morgan fingerprint density at radius 1 is 1.41 bits per heavy atom. The predicted octanol–water partition coefficient (Wildman–Crippen LogP) is 2.00. The second-order valence-electron chi connectivity index (χ2n) is 6.41. The normalized spacial score (nSPS) is 21.1. The van der Waals surface area contributed by atoms with Gasteiger partial charge in [-0.15, -0.1) is 0 Å². The standard InChI is InChI=1S/C17H27N3O2/c1-12-4-7-15(16(10-12)22-9-8-20(2)3)19-17(21)13-5-6-14(18)11-13/h4,7,10,13-14H,5-6,8-9,11,18H2,1-3H3,(H,19,21). The van der Waals surface area contributed by atoms with Crippen LogP contribution in [0.5, 0.6) is 5.75 Å². The summed E-state index contributed by atoms with van der Waals surface area (Å²) in [5, 5.41) is 3.01. The second kappa shape index (κ2) is 7.61. The average Bonchev–Trinajstić information content (AvgIpc) is 2.88. The van der Waals surface area contributed by atoms with Gasteiger partial charge in [-0.05, 0) is 58.0 Å². The molecule has 0 saturated heterocycles. The number of nitrogens with zero attached hydrogens (tertiary/aromatic N) is 1. The van der Waals surface area contributed by atoms with Gasteiger partial charge in [-0.3, -0.25) is 4.79 Å². The monoisotopic (exact) mass is 305 g/mol. The number of ether oxygens (including phenoxy) is 1. The van der Waals surface area contributed by atoms with E-state index in [1.54, 1.807) is 0 Å². The van der Waals surface area contributed by atoms with Crippen molar-refractivity contribution in [3.05, 3.63) is 23.8 Å². The molecule has 3 N–H and O–H groups in total. The summed E-state index contributed by atoms with van der Waals surface area (Å²) in [5.74, 6) is 0.803. The van der Waals surface area contributed by atoms with Crippen molar-refractivity contribution in [1.29, 1.82) is 0 Å². The number of rotatable bonds is 6. The molecular weight excluding hydrogens is 278 g/mol. The van der Waals surface area contributed by atoms with Gasteiger partial charge in [-0.2, -0.15) is 0 Å². The molecule has 1 aliphatic rings. The van der Waals surface area contributed by atoms with E-state index in [4.69, 9.17) is 10.5 Å². The molecule has 0 bridgehead atoms. The van der Waals surface area contributed by atoms with Crippen molar-refractivity contribution in [3.63, 3.8) is 0 Å². The second-order valence-corrected chi connectivity index (χ2v) is 6.41. The topological polar surface area (TPSA) is 67.6 Å². The Labute approximate surface area is 132 Å². The highest BCUT2D eigenvalue weighted by Crippen LogP contribution is 2.29. The van der Waals surface area contributed by atoms with E-state index in [9.17, 15) is 4.79 Å². The van der Waals surface area contributed by atoms with Crippen molar-refractivity contribution in [2.45, 2.75) is 32.2 Å². The van der Waals surface area contributed by atoms with Crippen LogP contribution in [0.15, 0.2) is 18.2 Å². The third kappa shape index (κ3) is 4.71. The highest BCUT2D eigenvalue weighted by molar-refractivity contribution is 5.94. The molecule has 22 heavy (non-hydrogen) atoms. The van der Waals surface area contributed by atoms with Crippen LogP contribution in [0.3, 0.4) is 0 Å². The molecule has 5 heteroatoms. The number of amides is 1. The van der Waals surface area contributed by atoms with Gasteiger partial charge in [0.25, 0.3) is 0 Å². The van der Waals surface area contributed by atoms with E-state index in [1.807, 2.05) is 39.2 Å². The smallest absolute Gasteiger partial charge is 0.227 e. The number of likely N-dealkylation sites (N-methyl/N-ethyl adjacent to an activating group) is 1. The first-order valence-corrected chi connectivity index (χ1v) is 7.90. The van der Waals surface area contributed by atoms with Gasteiger partial charge in [0.2, 0.25) is 5.91 Å². The summed E-state index contributed by atoms with van der Waals surface area (Å²) in [7, 11) is 4.01. The van der Waals surface area contributed by atoms with Crippen LogP contribution in [0.25, 0.3) is 0 Å². The number of aryl methyl sites for hydroxylation is 1. The Morgan fingerprint density at radius 2 is 2.18 bits per heavy atom. The lowest BCUT2D eigenvalue weighted by atomic mass is 10.1. The molecule has 2 unspecified atom stereocenters. The maximum absolute atomic E-state index is 12.3. The first kappa shape index (κ1) is 16.8. The maximum Gasteiger partial charge on any atom is 0.227 e. The summed E-state index contributed by atoms with van der Waals surface area (Å²) in [5.41, 5.74) is 7.75. The van der Waals surface area contributed by atoms with Gasteiger partial charge in [0.05, 0.1) is 5.69 Å². The summed E-state index contributed by atoms with van der Waals surface area (Å²) in [6.45, 7) is 3.44. The van der Waals surface area contributed by atoms with Crippen LogP contribution < -0.4 is 15.8 Å². The van der Waals surface area contributed by atoms with Gasteiger partial charge in [0, 0.05) is 18.5 Å². The van der Waals surface area contributed by atoms with E-state index in [0.29, 0.717) is 6.61 Å². The molecule has 2 atom stereocenters. The fourth-order valence-corrected chi connectivity index (χ4v) is 2.68. The molecule has 1 aromatic rings. The zero-order chi connectivity index (χ0) is 16.1. The first-order valence-electron chi connectivity index (χ1n) is 7.90. The molecule has 122 valence electrons. The number of hydrogen-bond donors (Lipinski definition) is 2. The van der Waals surface area contributed by atoms with Crippen molar-refractivity contribution in [1.82, 2.24) is 4.90 Å². The van der Waals surface area contributed by atoms with E-state index < -0.39 is 0 Å². The Bertz CT molecular complexity index is 517. The van der Waals surface area contributed by atoms with E-state index in [-0.39, 0.29) is 17.9 Å². The van der Waals surface area contributed by atoms with E-state index in [2.05, 4.69) is 10.2 Å². The third-order valence-electron chi connectivity index (χ3n) is 4.04. The minimum absolute atomic E-state index is 0.0194. The Hall–Kier alpha value is -1.59. The van der Waals surface area contributed by atoms with Crippen LogP contribution in [0.4, 0.5) is 5.69 Å². The minimum atomic E-state index is 0.0194. The number of carbonyl (C=O) groups excluding carboxylic acids is 1. The number of anilines is 1. The first-order chi connectivity index (χ1) is 10.5. The molecule has 0 aliphatic heterocycles. The fourth-order valence-electron chi connectivity index (χ4n) is 2.68. The van der Waals surface area contributed by atoms with Crippen molar-refractivity contribution >= 4 is 11.6 Å². The van der Waals surface area contributed by atoms with E-state index in [0.717, 1.165) is 42.8 Å². The van der Waals surface area contributed by atoms with E-state index in [1.165, 1.54) is 0 Å². The van der Waals surface area contributed by atoms with Gasteiger partial charge in [-0.25, -0.2) is 0 Å². The quantitative estimate of drug-likeness (QED) is 0.843. The van der Waals surface area contributed by atoms with E-state index >= 15 is 0 Å². The number of hydrogen-bond acceptors (Lipinski definition) is 4. The number of benzene rings is 1. The van der Waals surface area contributed by atoms with Gasteiger partial charge < -0.3 is 20.7 Å². The molecule has 0 spiro atoms. The van der Waals surface area contributed by atoms with Crippen LogP contribution in [-0.4, -0.2) is 44.1 Å². The Morgan fingerprint density at radius 3 is 2.82 bits per heavy atom. The zero-order valence-corrected chi connectivity index (χ0v) is 13.8. The van der Waals surface area contributed by atoms with Crippen molar-refractivity contribution in [3.8, 4) is 5.75 Å². The minimum Gasteiger partial charge on any atom is -0.490 e. The zero-order valence-electron chi connectivity index (χ0n) is 13.8. The molecule has 0 radical (unpaired) electrons. The molecule has 2 rings (SSSR count). The fraction of sp³-hybridized carbons (Fsp3) is 0.588. The highest BCUT2D eigenvalue weighted by atomic mass is 16.5. The molecule has 1 aliphatic carbocycles. The summed E-state index contributed by atoms with van der Waals surface area (Å²) < 4.78 is 5.83. The third-order valence-corrected chi connectivity index (χ3v) is 4.04. The largest absolute Gasteiger partial charge is 0.490 e. The average molecular weight is 305 g/mol. The predicted molar refractivity (Wildman–Crippen MR) is 89.2 cm³/mol. The Balaban J connectivity index is 2.01. The van der Waals surface area contributed by atoms with Gasteiger partial charge in [0.15, 0.2) is 0 Å². The number of nitrogens with one attached hydrogen (secondary N) is 1. The molecule has 1 fully saturated rings. The van der Waals surface area contributed by atoms with Gasteiger partial charge in [0.1, 0.15) is 12.4 Å². The summed E-state index contributed by atoms with van der Waals surface area (Å²) in [6.07, 6.45) is 2.57. The molecule has 1 aromatic carbocycles. The lowest BCUT2D eigenvalue weighted by Gasteiger charge is -2.17. The summed E-state index contributed by atoms with van der Waals surface area (Å²) in [4.78, 5) is 14.4. The summed E-state index contributed by atoms with van der Waals surface area (Å²) in [6, 6.07) is 6.01.